The smallest absolute Gasteiger partial charge is 0.188 e. The molecule has 0 amide bonds. The maximum absolute atomic E-state index is 12.1. The first-order valence-corrected chi connectivity index (χ1v) is 11.2. The van der Waals surface area contributed by atoms with E-state index in [4.69, 9.17) is 4.74 Å². The van der Waals surface area contributed by atoms with Crippen molar-refractivity contribution in [1.29, 1.82) is 0 Å². The monoisotopic (exact) mass is 435 g/mol. The summed E-state index contributed by atoms with van der Waals surface area (Å²) in [5.41, 5.74) is 2.79. The van der Waals surface area contributed by atoms with E-state index in [1.165, 1.54) is 5.56 Å². The molecule has 4 heterocycles. The van der Waals surface area contributed by atoms with Gasteiger partial charge in [-0.15, -0.1) is 0 Å². The molecule has 1 unspecified atom stereocenters. The molecule has 8 nitrogen and oxygen atoms in total. The van der Waals surface area contributed by atoms with Crippen molar-refractivity contribution in [3.05, 3.63) is 71.1 Å². The Bertz CT molecular complexity index is 977. The van der Waals surface area contributed by atoms with Crippen LogP contribution in [0.4, 0.5) is 0 Å². The Balaban J connectivity index is 1.06. The average molecular weight is 436 g/mol. The molecule has 4 aliphatic heterocycles. The van der Waals surface area contributed by atoms with Crippen LogP contribution >= 0.6 is 0 Å². The molecule has 2 N–H and O–H groups in total. The molecular weight excluding hydrogens is 406 g/mol. The number of hydrogen-bond acceptors (Lipinski definition) is 8. The van der Waals surface area contributed by atoms with Gasteiger partial charge in [0.25, 0.3) is 0 Å². The lowest BCUT2D eigenvalue weighted by molar-refractivity contribution is -0.115. The van der Waals surface area contributed by atoms with Crippen LogP contribution in [0.5, 0.6) is 0 Å². The lowest BCUT2D eigenvalue weighted by Crippen LogP contribution is -2.48. The average Bonchev–Trinajstić information content (AvgIpc) is 3.24. The number of allylic oxidation sites excluding steroid dienone is 2. The molecule has 8 heteroatoms. The second-order valence-electron chi connectivity index (χ2n) is 8.58. The molecule has 0 aromatic heterocycles. The maximum atomic E-state index is 12.1. The van der Waals surface area contributed by atoms with Crippen LogP contribution in [0, 0.1) is 0 Å². The van der Waals surface area contributed by atoms with Gasteiger partial charge in [0.05, 0.1) is 12.2 Å². The zero-order valence-corrected chi connectivity index (χ0v) is 18.1. The van der Waals surface area contributed by atoms with Crippen LogP contribution in [0.2, 0.25) is 0 Å². The predicted molar refractivity (Wildman–Crippen MR) is 121 cm³/mol. The lowest BCUT2D eigenvalue weighted by Gasteiger charge is -2.35. The van der Waals surface area contributed by atoms with E-state index < -0.39 is 6.10 Å². The summed E-state index contributed by atoms with van der Waals surface area (Å²) in [6.07, 6.45) is 5.16. The van der Waals surface area contributed by atoms with Crippen LogP contribution < -0.4 is 5.32 Å². The van der Waals surface area contributed by atoms with Crippen molar-refractivity contribution in [3.63, 3.8) is 0 Å². The van der Waals surface area contributed by atoms with Crippen LogP contribution in [-0.2, 0) is 16.1 Å². The number of ether oxygens (including phenoxy) is 1. The van der Waals surface area contributed by atoms with Crippen LogP contribution in [0.3, 0.4) is 0 Å². The number of piperazine rings is 1. The first-order valence-electron chi connectivity index (χ1n) is 11.2. The Hall–Kier alpha value is -2.94. The molecule has 1 atom stereocenters. The molecule has 5 rings (SSSR count). The van der Waals surface area contributed by atoms with E-state index in [0.717, 1.165) is 44.2 Å². The maximum Gasteiger partial charge on any atom is 0.188 e. The topological polar surface area (TPSA) is 80.6 Å². The number of carbonyl (C=O) groups is 1. The number of β-amino-alcohol motifs (C(OH)–C–C–N with tert-alkyl or cyclic N) is 1. The summed E-state index contributed by atoms with van der Waals surface area (Å²) in [4.78, 5) is 23.2. The largest absolute Gasteiger partial charge is 0.493 e. The van der Waals surface area contributed by atoms with E-state index >= 15 is 0 Å². The number of nitrogens with zero attached hydrogens (tertiary/aromatic N) is 4. The van der Waals surface area contributed by atoms with Gasteiger partial charge in [0.2, 0.25) is 0 Å². The Labute approximate surface area is 188 Å². The van der Waals surface area contributed by atoms with Gasteiger partial charge in [-0.3, -0.25) is 14.6 Å². The fourth-order valence-corrected chi connectivity index (χ4v) is 4.47. The number of fused-ring (bicyclic) bond motifs is 2. The summed E-state index contributed by atoms with van der Waals surface area (Å²) >= 11 is 0. The van der Waals surface area contributed by atoms with E-state index in [1.54, 1.807) is 12.4 Å². The summed E-state index contributed by atoms with van der Waals surface area (Å²) in [6.45, 7) is 6.24. The third-order valence-electron chi connectivity index (χ3n) is 6.19. The molecule has 168 valence electrons. The minimum atomic E-state index is -0.551. The van der Waals surface area contributed by atoms with Gasteiger partial charge in [0, 0.05) is 64.2 Å². The van der Waals surface area contributed by atoms with Crippen molar-refractivity contribution < 1.29 is 14.6 Å². The Morgan fingerprint density at radius 1 is 1.12 bits per heavy atom. The Kier molecular flexibility index (Phi) is 6.07. The lowest BCUT2D eigenvalue weighted by atomic mass is 10.1. The molecule has 0 saturated carbocycles. The fraction of sp³-hybridized carbons (Fsp3) is 0.417. The normalized spacial score (nSPS) is 22.2. The first-order chi connectivity index (χ1) is 15.7. The molecule has 1 aromatic rings. The molecule has 0 aliphatic carbocycles. The van der Waals surface area contributed by atoms with Gasteiger partial charge in [0.15, 0.2) is 11.6 Å². The first kappa shape index (κ1) is 20.9. The van der Waals surface area contributed by atoms with Crippen LogP contribution in [0.1, 0.15) is 12.0 Å². The number of aliphatic hydroxyl groups excluding tert-OH is 1. The quantitative estimate of drug-likeness (QED) is 0.662. The third-order valence-corrected chi connectivity index (χ3v) is 6.19. The molecular formula is C24H29N5O3. The highest BCUT2D eigenvalue weighted by Gasteiger charge is 2.32. The van der Waals surface area contributed by atoms with Gasteiger partial charge in [-0.1, -0.05) is 30.3 Å². The van der Waals surface area contributed by atoms with E-state index in [-0.39, 0.29) is 12.4 Å². The number of carbonyl (C=O) groups excluding carboxylic acids is 1. The van der Waals surface area contributed by atoms with Crippen molar-refractivity contribution in [2.75, 3.05) is 45.9 Å². The number of benzene rings is 1. The van der Waals surface area contributed by atoms with Crippen molar-refractivity contribution in [2.24, 2.45) is 4.99 Å². The molecule has 0 bridgehead atoms. The summed E-state index contributed by atoms with van der Waals surface area (Å²) in [7, 11) is 0. The molecule has 0 spiro atoms. The van der Waals surface area contributed by atoms with Gasteiger partial charge >= 0.3 is 0 Å². The number of rotatable bonds is 7. The molecule has 32 heavy (non-hydrogen) atoms. The van der Waals surface area contributed by atoms with Crippen molar-refractivity contribution >= 4 is 12.0 Å². The highest BCUT2D eigenvalue weighted by molar-refractivity contribution is 6.05. The minimum absolute atomic E-state index is 0.0407. The van der Waals surface area contributed by atoms with Gasteiger partial charge in [-0.25, -0.2) is 4.99 Å². The van der Waals surface area contributed by atoms with Crippen molar-refractivity contribution in [2.45, 2.75) is 19.1 Å². The zero-order chi connectivity index (χ0) is 21.9. The predicted octanol–water partition coefficient (Wildman–Crippen LogP) is 1.04. The Morgan fingerprint density at radius 3 is 2.72 bits per heavy atom. The highest BCUT2D eigenvalue weighted by atomic mass is 16.5. The second-order valence-corrected chi connectivity index (χ2v) is 8.58. The van der Waals surface area contributed by atoms with Crippen LogP contribution in [0.15, 0.2) is 70.6 Å². The molecule has 1 fully saturated rings. The third kappa shape index (κ3) is 4.62. The molecule has 1 saturated heterocycles. The standard InChI is InChI=1S/C24H29N5O3/c30-20(15-28-10-8-27(9-11-28)14-18-4-2-1-3-5-18)17-32-21-12-19-13-26-23-22(31)6-7-25-24(23)29(19)16-21/h1-5,7,12-13,20,26,30H,6,8-11,14-17H2. The molecule has 4 aliphatic rings. The number of Topliss-reactive ketones (excluding diaryl/α,β-unsaturated/α-hetero) is 1. The van der Waals surface area contributed by atoms with Crippen LogP contribution in [-0.4, -0.2) is 83.8 Å². The van der Waals surface area contributed by atoms with Gasteiger partial charge in [-0.2, -0.15) is 0 Å². The summed E-state index contributed by atoms with van der Waals surface area (Å²) < 4.78 is 5.91. The van der Waals surface area contributed by atoms with E-state index in [0.29, 0.717) is 31.0 Å². The van der Waals surface area contributed by atoms with Gasteiger partial charge in [-0.05, 0) is 5.56 Å². The van der Waals surface area contributed by atoms with E-state index in [9.17, 15) is 9.90 Å². The zero-order valence-electron chi connectivity index (χ0n) is 18.1. The number of ketones is 1. The number of aliphatic hydroxyl groups is 1. The van der Waals surface area contributed by atoms with Crippen LogP contribution in [0.25, 0.3) is 0 Å². The summed E-state index contributed by atoms with van der Waals surface area (Å²) in [6, 6.07) is 10.5. The SMILES string of the molecule is O=C1CC=NC2=C1NC=C1C=C(OCC(O)CN3CCN(Cc4ccccc4)CC3)CN12. The fourth-order valence-electron chi connectivity index (χ4n) is 4.47. The van der Waals surface area contributed by atoms with Gasteiger partial charge < -0.3 is 20.1 Å². The number of aliphatic imine (C=N–C) groups is 1. The van der Waals surface area contributed by atoms with E-state index in [2.05, 4.69) is 44.4 Å². The number of nitrogens with one attached hydrogen (secondary N) is 1. The summed E-state index contributed by atoms with van der Waals surface area (Å²) in [5, 5.41) is 13.6. The van der Waals surface area contributed by atoms with Gasteiger partial charge in [0.1, 0.15) is 24.2 Å². The molecule has 0 radical (unpaired) electrons. The van der Waals surface area contributed by atoms with Crippen molar-refractivity contribution in [1.82, 2.24) is 20.0 Å². The second kappa shape index (κ2) is 9.28. The van der Waals surface area contributed by atoms with Crippen molar-refractivity contribution in [3.8, 4) is 0 Å². The molecule has 1 aromatic carbocycles. The highest BCUT2D eigenvalue weighted by Crippen LogP contribution is 2.31. The summed E-state index contributed by atoms with van der Waals surface area (Å²) in [5.74, 6) is 1.45. The Morgan fingerprint density at radius 2 is 1.91 bits per heavy atom. The minimum Gasteiger partial charge on any atom is -0.493 e. The number of hydrogen-bond donors (Lipinski definition) is 2. The van der Waals surface area contributed by atoms with E-state index in [1.807, 2.05) is 17.0 Å².